The van der Waals surface area contributed by atoms with E-state index < -0.39 is 6.80 Å². The minimum absolute atomic E-state index is 0.395. The quantitative estimate of drug-likeness (QED) is 0.167. The third kappa shape index (κ3) is 8.97. The first kappa shape index (κ1) is 25.9. The average Bonchev–Trinajstić information content (AvgIpc) is 2.78. The van der Waals surface area contributed by atoms with Gasteiger partial charge in [-0.1, -0.05) is 82.2 Å². The maximum Gasteiger partial charge on any atom is 0.440 e. The summed E-state index contributed by atoms with van der Waals surface area (Å²) in [6, 6.07) is 15.8. The third-order valence-electron chi connectivity index (χ3n) is 4.54. The summed E-state index contributed by atoms with van der Waals surface area (Å²) in [4.78, 5) is 0.599. The first-order valence-corrected chi connectivity index (χ1v) is 14.6. The summed E-state index contributed by atoms with van der Waals surface area (Å²) in [6.07, 6.45) is 6.44. The number of hydrogen-bond acceptors (Lipinski definition) is 5. The van der Waals surface area contributed by atoms with Crippen LogP contribution in [0.15, 0.2) is 48.5 Å². The van der Waals surface area contributed by atoms with Crippen LogP contribution in [-0.4, -0.2) is 17.3 Å². The van der Waals surface area contributed by atoms with Crippen molar-refractivity contribution in [1.29, 1.82) is 0 Å². The van der Waals surface area contributed by atoms with E-state index in [-0.39, 0.29) is 0 Å². The predicted molar refractivity (Wildman–Crippen MR) is 139 cm³/mol. The Morgan fingerprint density at radius 3 is 2.42 bits per heavy atom. The van der Waals surface area contributed by atoms with Crippen molar-refractivity contribution < 1.29 is 13.6 Å². The topological polar surface area (TPSA) is 47.6 Å². The minimum atomic E-state index is -3.30. The molecule has 0 bridgehead atoms. The lowest BCUT2D eigenvalue weighted by Crippen LogP contribution is -2.11. The smallest absolute Gasteiger partial charge is 0.415 e. The van der Waals surface area contributed by atoms with Gasteiger partial charge in [0.1, 0.15) is 4.99 Å². The molecule has 1 unspecified atom stereocenters. The van der Waals surface area contributed by atoms with Crippen molar-refractivity contribution in [1.82, 2.24) is 0 Å². The molecule has 0 amide bonds. The van der Waals surface area contributed by atoms with Crippen LogP contribution in [0, 0.1) is 0 Å². The molecule has 0 heterocycles. The van der Waals surface area contributed by atoms with Gasteiger partial charge in [0, 0.05) is 11.3 Å². The van der Waals surface area contributed by atoms with E-state index in [0.717, 1.165) is 24.8 Å². The van der Waals surface area contributed by atoms with Crippen molar-refractivity contribution in [3.05, 3.63) is 59.7 Å². The van der Waals surface area contributed by atoms with Crippen molar-refractivity contribution in [2.75, 3.05) is 17.7 Å². The summed E-state index contributed by atoms with van der Waals surface area (Å²) < 4.78 is 24.8. The van der Waals surface area contributed by atoms with E-state index in [4.69, 9.17) is 21.3 Å². The molecular weight excluding hydrogens is 445 g/mol. The molecule has 0 aliphatic carbocycles. The fraction of sp³-hybridized carbons (Fsp3) is 0.458. The Bertz CT molecular complexity index is 846. The predicted octanol–water partition coefficient (Wildman–Crippen LogP) is 8.26. The van der Waals surface area contributed by atoms with Gasteiger partial charge >= 0.3 is 6.80 Å². The fourth-order valence-electron chi connectivity index (χ4n) is 2.86. The van der Waals surface area contributed by atoms with Crippen LogP contribution in [-0.2, 0) is 15.5 Å². The van der Waals surface area contributed by atoms with Crippen molar-refractivity contribution in [2.45, 2.75) is 59.3 Å². The summed E-state index contributed by atoms with van der Waals surface area (Å²) >= 11 is 6.86. The lowest BCUT2D eigenvalue weighted by atomic mass is 10.1. The van der Waals surface area contributed by atoms with E-state index in [2.05, 4.69) is 24.4 Å². The van der Waals surface area contributed by atoms with Crippen LogP contribution in [0.1, 0.15) is 64.0 Å². The van der Waals surface area contributed by atoms with Gasteiger partial charge in [-0.2, -0.15) is 0 Å². The van der Waals surface area contributed by atoms with E-state index in [1.54, 1.807) is 6.07 Å². The number of anilines is 1. The molecule has 0 spiro atoms. The van der Waals surface area contributed by atoms with Gasteiger partial charge < -0.3 is 9.84 Å². The van der Waals surface area contributed by atoms with Crippen LogP contribution in [0.3, 0.4) is 0 Å². The van der Waals surface area contributed by atoms with Crippen LogP contribution in [0.4, 0.5) is 5.69 Å². The SMILES string of the molecule is CCCCCc1ccc(C(=S)Nc2ccccc2OP(=O)(OCCC)SCCC)cc1. The van der Waals surface area contributed by atoms with Gasteiger partial charge in [0.15, 0.2) is 5.75 Å². The molecule has 0 saturated carbocycles. The molecule has 2 rings (SSSR count). The number of rotatable bonds is 14. The number of para-hydroxylation sites is 2. The number of aryl methyl sites for hydroxylation is 1. The Morgan fingerprint density at radius 1 is 1.00 bits per heavy atom. The van der Waals surface area contributed by atoms with Crippen LogP contribution in [0.2, 0.25) is 0 Å². The molecule has 0 aliphatic heterocycles. The molecule has 170 valence electrons. The Labute approximate surface area is 196 Å². The number of unbranched alkanes of at least 4 members (excludes halogenated alkanes) is 2. The van der Waals surface area contributed by atoms with Gasteiger partial charge in [-0.3, -0.25) is 4.52 Å². The molecule has 0 radical (unpaired) electrons. The zero-order chi connectivity index (χ0) is 22.5. The maximum absolute atomic E-state index is 13.2. The summed E-state index contributed by atoms with van der Waals surface area (Å²) in [5, 5.41) is 3.25. The molecule has 1 atom stereocenters. The van der Waals surface area contributed by atoms with Gasteiger partial charge in [0.05, 0.1) is 12.3 Å². The summed E-state index contributed by atoms with van der Waals surface area (Å²) in [7, 11) is 0. The van der Waals surface area contributed by atoms with E-state index >= 15 is 0 Å². The number of benzene rings is 2. The minimum Gasteiger partial charge on any atom is -0.415 e. The highest BCUT2D eigenvalue weighted by molar-refractivity contribution is 8.55. The van der Waals surface area contributed by atoms with Gasteiger partial charge in [-0.15, -0.1) is 0 Å². The van der Waals surface area contributed by atoms with Gasteiger partial charge in [0.2, 0.25) is 0 Å². The molecule has 0 aliphatic rings. The lowest BCUT2D eigenvalue weighted by molar-refractivity contribution is 0.281. The third-order valence-corrected chi connectivity index (χ3v) is 8.74. The van der Waals surface area contributed by atoms with Crippen molar-refractivity contribution in [3.63, 3.8) is 0 Å². The zero-order valence-electron chi connectivity index (χ0n) is 18.8. The Morgan fingerprint density at radius 2 is 1.74 bits per heavy atom. The van der Waals surface area contributed by atoms with Gasteiger partial charge in [-0.25, -0.2) is 4.57 Å². The van der Waals surface area contributed by atoms with E-state index in [1.807, 2.05) is 44.2 Å². The molecule has 0 fully saturated rings. The fourth-order valence-corrected chi connectivity index (χ4v) is 6.57. The van der Waals surface area contributed by atoms with Crippen LogP contribution in [0.25, 0.3) is 0 Å². The molecule has 2 aromatic rings. The lowest BCUT2D eigenvalue weighted by Gasteiger charge is -2.20. The second-order valence-corrected chi connectivity index (χ2v) is 11.8. The molecule has 0 saturated heterocycles. The molecular formula is C24H34NO3PS2. The highest BCUT2D eigenvalue weighted by Gasteiger charge is 2.28. The summed E-state index contributed by atoms with van der Waals surface area (Å²) in [5.41, 5.74) is 2.94. The molecule has 7 heteroatoms. The molecule has 2 aromatic carbocycles. The van der Waals surface area contributed by atoms with E-state index in [1.165, 1.54) is 36.2 Å². The van der Waals surface area contributed by atoms with E-state index in [9.17, 15) is 4.57 Å². The van der Waals surface area contributed by atoms with Crippen molar-refractivity contribution >= 4 is 41.1 Å². The zero-order valence-corrected chi connectivity index (χ0v) is 21.3. The maximum atomic E-state index is 13.2. The van der Waals surface area contributed by atoms with Crippen LogP contribution in [0.5, 0.6) is 5.75 Å². The first-order valence-electron chi connectivity index (χ1n) is 11.1. The highest BCUT2D eigenvalue weighted by Crippen LogP contribution is 2.61. The normalized spacial score (nSPS) is 12.9. The second-order valence-electron chi connectivity index (χ2n) is 7.31. The number of thiocarbonyl (C=S) groups is 1. The van der Waals surface area contributed by atoms with Gasteiger partial charge in [0.25, 0.3) is 0 Å². The molecule has 31 heavy (non-hydrogen) atoms. The number of hydrogen-bond donors (Lipinski definition) is 1. The van der Waals surface area contributed by atoms with Crippen LogP contribution < -0.4 is 9.84 Å². The monoisotopic (exact) mass is 479 g/mol. The highest BCUT2D eigenvalue weighted by atomic mass is 32.7. The number of nitrogens with one attached hydrogen (secondary N) is 1. The van der Waals surface area contributed by atoms with Crippen LogP contribution >= 0.6 is 30.4 Å². The molecule has 1 N–H and O–H groups in total. The Hall–Kier alpha value is -1.33. The molecule has 0 aromatic heterocycles. The summed E-state index contributed by atoms with van der Waals surface area (Å²) in [5.74, 6) is 1.18. The summed E-state index contributed by atoms with van der Waals surface area (Å²) in [6.45, 7) is 3.33. The van der Waals surface area contributed by atoms with E-state index in [0.29, 0.717) is 28.8 Å². The van der Waals surface area contributed by atoms with Crippen molar-refractivity contribution in [3.8, 4) is 5.75 Å². The Kier molecular flexibility index (Phi) is 11.7. The van der Waals surface area contributed by atoms with Crippen molar-refractivity contribution in [2.24, 2.45) is 0 Å². The second kappa shape index (κ2) is 13.9. The average molecular weight is 480 g/mol. The Balaban J connectivity index is 2.10. The molecule has 4 nitrogen and oxygen atoms in total. The van der Waals surface area contributed by atoms with Gasteiger partial charge in [-0.05, 0) is 54.8 Å². The standard InChI is InChI=1S/C24H34NO3PS2/c1-4-7-8-11-20-14-16-21(17-15-20)24(30)25-22-12-9-10-13-23(22)28-29(26,27-18-5-2)31-19-6-3/h9-10,12-17H,4-8,11,18-19H2,1-3H3,(H,25,30). The largest absolute Gasteiger partial charge is 0.440 e. The first-order chi connectivity index (χ1) is 15.0.